The third-order valence-corrected chi connectivity index (χ3v) is 5.55. The van der Waals surface area contributed by atoms with E-state index >= 15 is 0 Å². The predicted molar refractivity (Wildman–Crippen MR) is 120 cm³/mol. The summed E-state index contributed by atoms with van der Waals surface area (Å²) in [4.78, 5) is 30.2. The van der Waals surface area contributed by atoms with Crippen LogP contribution in [0.15, 0.2) is 54.2 Å². The highest BCUT2D eigenvalue weighted by Crippen LogP contribution is 2.38. The fourth-order valence-electron chi connectivity index (χ4n) is 4.19. The summed E-state index contributed by atoms with van der Waals surface area (Å²) in [5, 5.41) is 0. The number of carbonyl (C=O) groups is 2. The number of nitrogens with zero attached hydrogens (tertiary/aromatic N) is 2. The maximum Gasteiger partial charge on any atom is 0.278 e. The lowest BCUT2D eigenvalue weighted by atomic mass is 10.0. The van der Waals surface area contributed by atoms with Crippen molar-refractivity contribution in [2.45, 2.75) is 32.8 Å². The smallest absolute Gasteiger partial charge is 0.278 e. The second-order valence-electron chi connectivity index (χ2n) is 8.05. The Labute approximate surface area is 183 Å². The minimum absolute atomic E-state index is 0.0627. The lowest BCUT2D eigenvalue weighted by molar-refractivity contribution is -0.137. The molecule has 2 aromatic rings. The van der Waals surface area contributed by atoms with Crippen molar-refractivity contribution >= 4 is 23.1 Å². The molecule has 2 amide bonds. The summed E-state index contributed by atoms with van der Waals surface area (Å²) in [5.41, 5.74) is 3.82. The third kappa shape index (κ3) is 4.08. The molecule has 0 unspecified atom stereocenters. The molecule has 0 spiro atoms. The van der Waals surface area contributed by atoms with Crippen molar-refractivity contribution in [3.63, 3.8) is 0 Å². The highest BCUT2D eigenvalue weighted by molar-refractivity contribution is 6.36. The van der Waals surface area contributed by atoms with Crippen LogP contribution in [-0.2, 0) is 20.7 Å². The summed E-state index contributed by atoms with van der Waals surface area (Å²) in [6.07, 6.45) is 1.51. The Kier molecular flexibility index (Phi) is 6.09. The Morgan fingerprint density at radius 1 is 1.00 bits per heavy atom. The average Bonchev–Trinajstić information content (AvgIpc) is 3.28. The number of fused-ring (bicyclic) bond motifs is 1. The quantitative estimate of drug-likeness (QED) is 0.482. The fourth-order valence-corrected chi connectivity index (χ4v) is 4.19. The molecule has 0 N–H and O–H groups in total. The molecule has 2 aliphatic rings. The van der Waals surface area contributed by atoms with Crippen LogP contribution >= 0.6 is 0 Å². The van der Waals surface area contributed by atoms with Crippen molar-refractivity contribution in [1.82, 2.24) is 4.90 Å². The summed E-state index contributed by atoms with van der Waals surface area (Å²) in [5.74, 6) is 0.245. The molecule has 31 heavy (non-hydrogen) atoms. The molecule has 2 aromatic carbocycles. The van der Waals surface area contributed by atoms with E-state index in [4.69, 9.17) is 9.47 Å². The molecule has 0 radical (unpaired) electrons. The zero-order valence-electron chi connectivity index (χ0n) is 18.3. The summed E-state index contributed by atoms with van der Waals surface area (Å²) in [6, 6.07) is 15.5. The molecule has 0 aromatic heterocycles. The molecular weight excluding hydrogens is 392 g/mol. The van der Waals surface area contributed by atoms with Gasteiger partial charge in [-0.15, -0.1) is 0 Å². The van der Waals surface area contributed by atoms with Gasteiger partial charge in [0.1, 0.15) is 11.4 Å². The van der Waals surface area contributed by atoms with Gasteiger partial charge in [-0.1, -0.05) is 30.3 Å². The average molecular weight is 421 g/mol. The van der Waals surface area contributed by atoms with Crippen LogP contribution in [-0.4, -0.2) is 49.6 Å². The number of benzene rings is 2. The molecule has 0 atom stereocenters. The first-order valence-corrected chi connectivity index (χ1v) is 10.7. The molecular formula is C25H28N2O4. The molecule has 0 fully saturated rings. The van der Waals surface area contributed by atoms with Crippen LogP contribution in [0.2, 0.25) is 0 Å². The zero-order chi connectivity index (χ0) is 22.0. The number of ether oxygens (including phenoxy) is 2. The molecule has 162 valence electrons. The number of hydrogen-bond acceptors (Lipinski definition) is 5. The first-order chi connectivity index (χ1) is 15.0. The van der Waals surface area contributed by atoms with E-state index in [-0.39, 0.29) is 17.9 Å². The van der Waals surface area contributed by atoms with Crippen molar-refractivity contribution in [2.75, 3.05) is 31.7 Å². The largest absolute Gasteiger partial charge is 0.491 e. The highest BCUT2D eigenvalue weighted by Gasteiger charge is 2.42. The summed E-state index contributed by atoms with van der Waals surface area (Å²) in [7, 11) is 1.62. The van der Waals surface area contributed by atoms with Gasteiger partial charge in [-0.3, -0.25) is 14.5 Å². The molecule has 2 heterocycles. The van der Waals surface area contributed by atoms with E-state index in [9.17, 15) is 9.59 Å². The van der Waals surface area contributed by atoms with Gasteiger partial charge in [-0.05, 0) is 56.0 Å². The van der Waals surface area contributed by atoms with Gasteiger partial charge in [0.25, 0.3) is 11.8 Å². The molecule has 4 rings (SSSR count). The number of rotatable bonds is 8. The Hall–Kier alpha value is -3.12. The molecule has 6 heteroatoms. The number of hydrogen-bond donors (Lipinski definition) is 0. The predicted octanol–water partition coefficient (Wildman–Crippen LogP) is 3.65. The monoisotopic (exact) mass is 420 g/mol. The van der Waals surface area contributed by atoms with Crippen LogP contribution in [0.25, 0.3) is 5.57 Å². The first-order valence-electron chi connectivity index (χ1n) is 10.7. The highest BCUT2D eigenvalue weighted by atomic mass is 16.5. The number of methoxy groups -OCH3 is 1. The van der Waals surface area contributed by atoms with Gasteiger partial charge in [0, 0.05) is 32.5 Å². The maximum absolute atomic E-state index is 13.4. The van der Waals surface area contributed by atoms with E-state index in [2.05, 4.69) is 6.07 Å². The number of para-hydroxylation sites is 1. The molecule has 0 saturated carbocycles. The summed E-state index contributed by atoms with van der Waals surface area (Å²) >= 11 is 0. The number of anilines is 1. The minimum Gasteiger partial charge on any atom is -0.491 e. The maximum atomic E-state index is 13.4. The van der Waals surface area contributed by atoms with Crippen molar-refractivity contribution in [1.29, 1.82) is 0 Å². The minimum atomic E-state index is -0.252. The van der Waals surface area contributed by atoms with E-state index in [1.165, 1.54) is 10.5 Å². The number of amides is 2. The van der Waals surface area contributed by atoms with Gasteiger partial charge in [0.2, 0.25) is 0 Å². The van der Waals surface area contributed by atoms with Crippen LogP contribution in [0.5, 0.6) is 5.75 Å². The topological polar surface area (TPSA) is 59.1 Å². The Balaban J connectivity index is 1.74. The number of imide groups is 1. The van der Waals surface area contributed by atoms with E-state index in [1.54, 1.807) is 7.11 Å². The van der Waals surface area contributed by atoms with Crippen LogP contribution in [0, 0.1) is 0 Å². The van der Waals surface area contributed by atoms with Gasteiger partial charge in [0.15, 0.2) is 0 Å². The van der Waals surface area contributed by atoms with Crippen LogP contribution < -0.4 is 9.64 Å². The third-order valence-electron chi connectivity index (χ3n) is 5.55. The molecule has 6 nitrogen and oxygen atoms in total. The zero-order valence-corrected chi connectivity index (χ0v) is 18.3. The van der Waals surface area contributed by atoms with Crippen molar-refractivity contribution < 1.29 is 19.1 Å². The normalized spacial score (nSPS) is 16.0. The summed E-state index contributed by atoms with van der Waals surface area (Å²) in [6.45, 7) is 5.45. The SMILES string of the molecule is COCCCN1C(=O)C(c2ccc(OC(C)C)cc2)=C(N2CCc3ccccc32)C1=O. The first kappa shape index (κ1) is 21.1. The van der Waals surface area contributed by atoms with Gasteiger partial charge in [-0.25, -0.2) is 0 Å². The van der Waals surface area contributed by atoms with Crippen LogP contribution in [0.1, 0.15) is 31.4 Å². The summed E-state index contributed by atoms with van der Waals surface area (Å²) < 4.78 is 10.9. The Morgan fingerprint density at radius 2 is 1.74 bits per heavy atom. The second-order valence-corrected chi connectivity index (χ2v) is 8.05. The van der Waals surface area contributed by atoms with Crippen molar-refractivity contribution in [3.05, 3.63) is 65.4 Å². The van der Waals surface area contributed by atoms with E-state index < -0.39 is 0 Å². The molecule has 0 bridgehead atoms. The standard InChI is InChI=1S/C25H28N2O4/c1-17(2)31-20-11-9-19(10-12-20)22-23(25(29)27(24(22)28)14-6-16-30-3)26-15-13-18-7-4-5-8-21(18)26/h4-5,7-12,17H,6,13-16H2,1-3H3. The van der Waals surface area contributed by atoms with Gasteiger partial charge in [-0.2, -0.15) is 0 Å². The van der Waals surface area contributed by atoms with E-state index in [1.807, 2.05) is 61.2 Å². The van der Waals surface area contributed by atoms with Crippen LogP contribution in [0.4, 0.5) is 5.69 Å². The Morgan fingerprint density at radius 3 is 2.45 bits per heavy atom. The number of carbonyl (C=O) groups excluding carboxylic acids is 2. The van der Waals surface area contributed by atoms with E-state index in [0.29, 0.717) is 37.4 Å². The molecule has 0 saturated heterocycles. The fraction of sp³-hybridized carbons (Fsp3) is 0.360. The Bertz CT molecular complexity index is 1010. The lowest BCUT2D eigenvalue weighted by Crippen LogP contribution is -2.36. The van der Waals surface area contributed by atoms with Gasteiger partial charge < -0.3 is 14.4 Å². The van der Waals surface area contributed by atoms with Crippen LogP contribution in [0.3, 0.4) is 0 Å². The van der Waals surface area contributed by atoms with Crippen molar-refractivity contribution in [3.8, 4) is 5.75 Å². The second kappa shape index (κ2) is 8.94. The van der Waals surface area contributed by atoms with Gasteiger partial charge in [0.05, 0.1) is 11.7 Å². The molecule has 0 aliphatic carbocycles. The van der Waals surface area contributed by atoms with E-state index in [0.717, 1.165) is 23.4 Å². The van der Waals surface area contributed by atoms with Gasteiger partial charge >= 0.3 is 0 Å². The molecule has 2 aliphatic heterocycles. The lowest BCUT2D eigenvalue weighted by Gasteiger charge is -2.21. The van der Waals surface area contributed by atoms with Crippen molar-refractivity contribution in [2.24, 2.45) is 0 Å².